The first kappa shape index (κ1) is 14.6. The zero-order chi connectivity index (χ0) is 13.8. The van der Waals surface area contributed by atoms with E-state index in [2.05, 4.69) is 5.32 Å². The molecule has 1 aliphatic carbocycles. The first-order valence-corrected chi connectivity index (χ1v) is 7.35. The van der Waals surface area contributed by atoms with Crippen molar-refractivity contribution in [3.63, 3.8) is 0 Å². The highest BCUT2D eigenvalue weighted by atomic mass is 35.5. The number of nitrogens with one attached hydrogen (secondary N) is 1. The Labute approximate surface area is 122 Å². The number of hydrogen-bond donors (Lipinski definition) is 1. The molecule has 0 spiro atoms. The molecule has 1 N–H and O–H groups in total. The Hall–Kier alpha value is -0.800. The third kappa shape index (κ3) is 3.61. The smallest absolute Gasteiger partial charge is 0.253 e. The van der Waals surface area contributed by atoms with Crippen LogP contribution in [0.1, 0.15) is 36.0 Å². The summed E-state index contributed by atoms with van der Waals surface area (Å²) in [6.07, 6.45) is 4.21. The summed E-state index contributed by atoms with van der Waals surface area (Å²) in [6.45, 7) is 0. The fourth-order valence-corrected chi connectivity index (χ4v) is 3.12. The lowest BCUT2D eigenvalue weighted by molar-refractivity contribution is 0.0911. The first-order valence-electron chi connectivity index (χ1n) is 6.43. The maximum atomic E-state index is 13.0. The SMILES string of the molecule is O=C(NC1CCCCC1CCl)c1ccc(F)cc1Cl. The Morgan fingerprint density at radius 1 is 1.37 bits per heavy atom. The van der Waals surface area contributed by atoms with Crippen molar-refractivity contribution in [1.29, 1.82) is 0 Å². The second-order valence-electron chi connectivity index (χ2n) is 4.90. The van der Waals surface area contributed by atoms with E-state index in [0.717, 1.165) is 31.7 Å². The molecule has 2 rings (SSSR count). The van der Waals surface area contributed by atoms with Gasteiger partial charge in [0.25, 0.3) is 5.91 Å². The summed E-state index contributed by atoms with van der Waals surface area (Å²) in [5, 5.41) is 3.10. The molecule has 0 saturated heterocycles. The van der Waals surface area contributed by atoms with Crippen molar-refractivity contribution in [2.75, 3.05) is 5.88 Å². The maximum Gasteiger partial charge on any atom is 0.253 e. The van der Waals surface area contributed by atoms with Crippen molar-refractivity contribution in [1.82, 2.24) is 5.32 Å². The van der Waals surface area contributed by atoms with Crippen LogP contribution in [0.5, 0.6) is 0 Å². The van der Waals surface area contributed by atoms with E-state index in [1.54, 1.807) is 0 Å². The average molecular weight is 304 g/mol. The van der Waals surface area contributed by atoms with E-state index in [1.165, 1.54) is 12.1 Å². The van der Waals surface area contributed by atoms with Crippen molar-refractivity contribution < 1.29 is 9.18 Å². The van der Waals surface area contributed by atoms with Crippen molar-refractivity contribution >= 4 is 29.1 Å². The second-order valence-corrected chi connectivity index (χ2v) is 5.62. The van der Waals surface area contributed by atoms with Gasteiger partial charge in [0.1, 0.15) is 5.82 Å². The molecule has 2 atom stereocenters. The molecule has 1 saturated carbocycles. The summed E-state index contributed by atoms with van der Waals surface area (Å²) in [7, 11) is 0. The number of carbonyl (C=O) groups is 1. The monoisotopic (exact) mass is 303 g/mol. The minimum Gasteiger partial charge on any atom is -0.349 e. The van der Waals surface area contributed by atoms with E-state index in [9.17, 15) is 9.18 Å². The predicted molar refractivity (Wildman–Crippen MR) is 75.3 cm³/mol. The van der Waals surface area contributed by atoms with Gasteiger partial charge < -0.3 is 5.32 Å². The lowest BCUT2D eigenvalue weighted by atomic mass is 9.85. The molecule has 1 aliphatic rings. The van der Waals surface area contributed by atoms with Crippen LogP contribution < -0.4 is 5.32 Å². The zero-order valence-electron chi connectivity index (χ0n) is 10.5. The summed E-state index contributed by atoms with van der Waals surface area (Å²) < 4.78 is 13.0. The highest BCUT2D eigenvalue weighted by Gasteiger charge is 2.26. The van der Waals surface area contributed by atoms with E-state index in [4.69, 9.17) is 23.2 Å². The van der Waals surface area contributed by atoms with Gasteiger partial charge in [0, 0.05) is 11.9 Å². The third-order valence-electron chi connectivity index (χ3n) is 3.60. The molecule has 1 aromatic rings. The van der Waals surface area contributed by atoms with E-state index in [0.29, 0.717) is 17.4 Å². The van der Waals surface area contributed by atoms with Gasteiger partial charge in [-0.1, -0.05) is 24.4 Å². The lowest BCUT2D eigenvalue weighted by Gasteiger charge is -2.30. The summed E-state index contributed by atoms with van der Waals surface area (Å²) >= 11 is 11.8. The van der Waals surface area contributed by atoms with Gasteiger partial charge in [-0.15, -0.1) is 11.6 Å². The normalized spacial score (nSPS) is 23.1. The largest absolute Gasteiger partial charge is 0.349 e. The number of rotatable bonds is 3. The van der Waals surface area contributed by atoms with Gasteiger partial charge in [0.15, 0.2) is 0 Å². The number of carbonyl (C=O) groups excluding carboxylic acids is 1. The molecule has 0 radical (unpaired) electrons. The summed E-state index contributed by atoms with van der Waals surface area (Å²) in [5.41, 5.74) is 0.307. The summed E-state index contributed by atoms with van der Waals surface area (Å²) in [4.78, 5) is 12.1. The van der Waals surface area contributed by atoms with E-state index >= 15 is 0 Å². The number of alkyl halides is 1. The fourth-order valence-electron chi connectivity index (χ4n) is 2.50. The summed E-state index contributed by atoms with van der Waals surface area (Å²) in [5.74, 6) is 0.144. The highest BCUT2D eigenvalue weighted by Crippen LogP contribution is 2.26. The molecule has 104 valence electrons. The topological polar surface area (TPSA) is 29.1 Å². The predicted octanol–water partition coefficient (Wildman–Crippen LogP) is 4.01. The number of benzene rings is 1. The van der Waals surface area contributed by atoms with Crippen LogP contribution in [0.3, 0.4) is 0 Å². The van der Waals surface area contributed by atoms with Crippen molar-refractivity contribution in [2.24, 2.45) is 5.92 Å². The molecule has 0 heterocycles. The van der Waals surface area contributed by atoms with Crippen LogP contribution in [-0.2, 0) is 0 Å². The Balaban J connectivity index is 2.07. The van der Waals surface area contributed by atoms with E-state index in [1.807, 2.05) is 0 Å². The minimum atomic E-state index is -0.446. The van der Waals surface area contributed by atoms with Gasteiger partial charge in [0.2, 0.25) is 0 Å². The molecule has 2 nitrogen and oxygen atoms in total. The molecular formula is C14H16Cl2FNO. The standard InChI is InChI=1S/C14H16Cl2FNO/c15-8-9-3-1-2-4-13(9)18-14(19)11-6-5-10(17)7-12(11)16/h5-7,9,13H,1-4,8H2,(H,18,19). The van der Waals surface area contributed by atoms with Crippen LogP contribution in [0, 0.1) is 11.7 Å². The second kappa shape index (κ2) is 6.58. The molecule has 19 heavy (non-hydrogen) atoms. The van der Waals surface area contributed by atoms with Crippen molar-refractivity contribution in [2.45, 2.75) is 31.7 Å². The van der Waals surface area contributed by atoms with Gasteiger partial charge in [0.05, 0.1) is 10.6 Å². The molecule has 2 unspecified atom stereocenters. The average Bonchev–Trinajstić information content (AvgIpc) is 2.39. The van der Waals surface area contributed by atoms with Gasteiger partial charge in [-0.05, 0) is 37.0 Å². The van der Waals surface area contributed by atoms with Crippen LogP contribution in [0.4, 0.5) is 4.39 Å². The molecule has 0 aliphatic heterocycles. The molecular weight excluding hydrogens is 288 g/mol. The van der Waals surface area contributed by atoms with Gasteiger partial charge in [-0.25, -0.2) is 4.39 Å². The Bertz CT molecular complexity index is 467. The number of hydrogen-bond acceptors (Lipinski definition) is 1. The van der Waals surface area contributed by atoms with Crippen LogP contribution in [0.25, 0.3) is 0 Å². The van der Waals surface area contributed by atoms with E-state index in [-0.39, 0.29) is 17.0 Å². The number of halogens is 3. The van der Waals surface area contributed by atoms with Gasteiger partial charge >= 0.3 is 0 Å². The minimum absolute atomic E-state index is 0.0832. The Morgan fingerprint density at radius 3 is 2.79 bits per heavy atom. The number of amides is 1. The zero-order valence-corrected chi connectivity index (χ0v) is 12.0. The van der Waals surface area contributed by atoms with E-state index < -0.39 is 5.82 Å². The summed E-state index contributed by atoms with van der Waals surface area (Å²) in [6, 6.07) is 3.88. The molecule has 5 heteroatoms. The maximum absolute atomic E-state index is 13.0. The molecule has 1 aromatic carbocycles. The van der Waals surface area contributed by atoms with Gasteiger partial charge in [-0.3, -0.25) is 4.79 Å². The molecule has 0 aromatic heterocycles. The Morgan fingerprint density at radius 2 is 2.11 bits per heavy atom. The van der Waals surface area contributed by atoms with Crippen LogP contribution in [0.15, 0.2) is 18.2 Å². The van der Waals surface area contributed by atoms with Gasteiger partial charge in [-0.2, -0.15) is 0 Å². The highest BCUT2D eigenvalue weighted by molar-refractivity contribution is 6.33. The quantitative estimate of drug-likeness (QED) is 0.840. The third-order valence-corrected chi connectivity index (χ3v) is 4.31. The van der Waals surface area contributed by atoms with Crippen molar-refractivity contribution in [3.8, 4) is 0 Å². The van der Waals surface area contributed by atoms with Crippen LogP contribution in [0.2, 0.25) is 5.02 Å². The lowest BCUT2D eigenvalue weighted by Crippen LogP contribution is -2.42. The Kier molecular flexibility index (Phi) is 5.06. The van der Waals surface area contributed by atoms with Crippen LogP contribution >= 0.6 is 23.2 Å². The molecule has 1 amide bonds. The first-order chi connectivity index (χ1) is 9.11. The fraction of sp³-hybridized carbons (Fsp3) is 0.500. The van der Waals surface area contributed by atoms with Crippen LogP contribution in [-0.4, -0.2) is 17.8 Å². The molecule has 0 bridgehead atoms. The van der Waals surface area contributed by atoms with Crippen molar-refractivity contribution in [3.05, 3.63) is 34.6 Å². The molecule has 1 fully saturated rings.